The molecule has 1 saturated carbocycles. The third-order valence-corrected chi connectivity index (χ3v) is 3.12. The minimum atomic E-state index is -2.41. The summed E-state index contributed by atoms with van der Waals surface area (Å²) in [6.07, 6.45) is 1.13. The van der Waals surface area contributed by atoms with Gasteiger partial charge < -0.3 is 5.11 Å². The number of aliphatic hydroxyl groups excluding tert-OH is 1. The average Bonchev–Trinajstić information content (AvgIpc) is 2.28. The Morgan fingerprint density at radius 1 is 1.38 bits per heavy atom. The van der Waals surface area contributed by atoms with Gasteiger partial charge in [-0.3, -0.25) is 4.90 Å². The second-order valence-electron chi connectivity index (χ2n) is 4.20. The normalized spacial score (nSPS) is 26.0. The number of hydrogen-bond donors (Lipinski definition) is 1. The fraction of sp³-hybridized carbons (Fsp3) is 0.909. The summed E-state index contributed by atoms with van der Waals surface area (Å²) >= 11 is 0. The van der Waals surface area contributed by atoms with Gasteiger partial charge in [0.1, 0.15) is 0 Å². The first kappa shape index (κ1) is 13.3. The topological polar surface area (TPSA) is 47.3 Å². The van der Waals surface area contributed by atoms with Crippen molar-refractivity contribution < 1.29 is 13.9 Å². The molecule has 2 unspecified atom stereocenters. The van der Waals surface area contributed by atoms with Crippen LogP contribution in [-0.4, -0.2) is 42.2 Å². The lowest BCUT2D eigenvalue weighted by molar-refractivity contribution is 0.0333. The second kappa shape index (κ2) is 6.77. The van der Waals surface area contributed by atoms with E-state index in [1.54, 1.807) is 4.90 Å². The number of hydrogen-bond acceptors (Lipinski definition) is 3. The van der Waals surface area contributed by atoms with E-state index in [2.05, 4.69) is 6.07 Å². The molecule has 0 spiro atoms. The molecule has 1 aliphatic rings. The number of nitriles is 1. The van der Waals surface area contributed by atoms with Crippen LogP contribution in [0.15, 0.2) is 0 Å². The zero-order chi connectivity index (χ0) is 12.0. The van der Waals surface area contributed by atoms with Gasteiger partial charge in [-0.25, -0.2) is 8.78 Å². The molecule has 0 aromatic carbocycles. The van der Waals surface area contributed by atoms with Crippen LogP contribution in [0.2, 0.25) is 0 Å². The van der Waals surface area contributed by atoms with Gasteiger partial charge in [-0.1, -0.05) is 12.8 Å². The zero-order valence-electron chi connectivity index (χ0n) is 9.28. The molecule has 0 heterocycles. The summed E-state index contributed by atoms with van der Waals surface area (Å²) in [7, 11) is 0. The number of nitrogens with zero attached hydrogens (tertiary/aromatic N) is 2. The highest BCUT2D eigenvalue weighted by molar-refractivity contribution is 4.95. The van der Waals surface area contributed by atoms with Gasteiger partial charge in [0.05, 0.1) is 25.1 Å². The molecule has 0 aliphatic heterocycles. The van der Waals surface area contributed by atoms with Crippen molar-refractivity contribution in [3.63, 3.8) is 0 Å². The van der Waals surface area contributed by atoms with Gasteiger partial charge in [0.15, 0.2) is 0 Å². The minimum absolute atomic E-state index is 0.111. The summed E-state index contributed by atoms with van der Waals surface area (Å²) in [5.74, 6) is -0.168. The Balaban J connectivity index is 2.63. The Labute approximate surface area is 94.7 Å². The lowest BCUT2D eigenvalue weighted by Gasteiger charge is -2.36. The van der Waals surface area contributed by atoms with Crippen LogP contribution in [0.1, 0.15) is 25.7 Å². The van der Waals surface area contributed by atoms with Crippen molar-refractivity contribution in [2.24, 2.45) is 5.92 Å². The molecular formula is C11H18F2N2O. The number of aliphatic hydroxyl groups is 1. The second-order valence-corrected chi connectivity index (χ2v) is 4.20. The smallest absolute Gasteiger partial charge is 0.251 e. The largest absolute Gasteiger partial charge is 0.395 e. The monoisotopic (exact) mass is 232 g/mol. The molecule has 5 heteroatoms. The van der Waals surface area contributed by atoms with E-state index in [0.29, 0.717) is 0 Å². The summed E-state index contributed by atoms with van der Waals surface area (Å²) in [5, 5.41) is 17.9. The molecule has 3 nitrogen and oxygen atoms in total. The quantitative estimate of drug-likeness (QED) is 0.783. The van der Waals surface area contributed by atoms with Crippen LogP contribution in [0.4, 0.5) is 8.78 Å². The average molecular weight is 232 g/mol. The van der Waals surface area contributed by atoms with Crippen LogP contribution in [0, 0.1) is 17.2 Å². The van der Waals surface area contributed by atoms with Crippen molar-refractivity contribution in [1.29, 1.82) is 5.26 Å². The van der Waals surface area contributed by atoms with Gasteiger partial charge in [0.2, 0.25) is 0 Å². The van der Waals surface area contributed by atoms with Crippen LogP contribution in [0.5, 0.6) is 0 Å². The number of halogens is 2. The molecule has 1 fully saturated rings. The summed E-state index contributed by atoms with van der Waals surface area (Å²) in [6, 6.07) is 2.09. The van der Waals surface area contributed by atoms with Crippen LogP contribution in [0.3, 0.4) is 0 Å². The van der Waals surface area contributed by atoms with Crippen LogP contribution in [-0.2, 0) is 0 Å². The number of alkyl halides is 2. The Kier molecular flexibility index (Phi) is 5.64. The molecule has 0 saturated heterocycles. The van der Waals surface area contributed by atoms with Gasteiger partial charge in [0, 0.05) is 12.6 Å². The van der Waals surface area contributed by atoms with Gasteiger partial charge in [-0.05, 0) is 12.8 Å². The van der Waals surface area contributed by atoms with E-state index in [4.69, 9.17) is 10.4 Å². The van der Waals surface area contributed by atoms with Gasteiger partial charge in [-0.15, -0.1) is 0 Å². The van der Waals surface area contributed by atoms with Gasteiger partial charge >= 0.3 is 0 Å². The molecule has 92 valence electrons. The maximum atomic E-state index is 12.4. The molecule has 0 bridgehead atoms. The maximum Gasteiger partial charge on any atom is 0.251 e. The Bertz CT molecular complexity index is 243. The predicted molar refractivity (Wildman–Crippen MR) is 56.0 cm³/mol. The van der Waals surface area contributed by atoms with E-state index >= 15 is 0 Å². The van der Waals surface area contributed by atoms with E-state index in [1.807, 2.05) is 0 Å². The van der Waals surface area contributed by atoms with Crippen molar-refractivity contribution in [2.75, 3.05) is 19.7 Å². The first-order valence-electron chi connectivity index (χ1n) is 5.71. The fourth-order valence-corrected chi connectivity index (χ4v) is 2.40. The molecule has 1 aliphatic carbocycles. The van der Waals surface area contributed by atoms with E-state index < -0.39 is 6.43 Å². The lowest BCUT2D eigenvalue weighted by Crippen LogP contribution is -2.45. The third-order valence-electron chi connectivity index (χ3n) is 3.12. The van der Waals surface area contributed by atoms with Crippen LogP contribution < -0.4 is 0 Å². The standard InChI is InChI=1S/C11H18F2N2O/c12-11(13)8-15(5-6-16)10-4-2-1-3-9(10)7-14/h9-11,16H,1-6,8H2. The summed E-state index contributed by atoms with van der Waals surface area (Å²) < 4.78 is 24.8. The van der Waals surface area contributed by atoms with Gasteiger partial charge in [-0.2, -0.15) is 5.26 Å². The van der Waals surface area contributed by atoms with Crippen LogP contribution >= 0.6 is 0 Å². The highest BCUT2D eigenvalue weighted by atomic mass is 19.3. The highest BCUT2D eigenvalue weighted by Gasteiger charge is 2.31. The fourth-order valence-electron chi connectivity index (χ4n) is 2.40. The first-order chi connectivity index (χ1) is 7.69. The van der Waals surface area contributed by atoms with E-state index in [0.717, 1.165) is 25.7 Å². The predicted octanol–water partition coefficient (Wildman–Crippen LogP) is 1.63. The molecule has 0 amide bonds. The van der Waals surface area contributed by atoms with E-state index in [1.165, 1.54) is 0 Å². The Morgan fingerprint density at radius 3 is 2.62 bits per heavy atom. The Morgan fingerprint density at radius 2 is 2.06 bits per heavy atom. The SMILES string of the molecule is N#CC1CCCCC1N(CCO)CC(F)F. The third kappa shape index (κ3) is 3.69. The molecule has 1 N–H and O–H groups in total. The summed E-state index contributed by atoms with van der Waals surface area (Å²) in [6.45, 7) is -0.252. The summed E-state index contributed by atoms with van der Waals surface area (Å²) in [5.41, 5.74) is 0. The zero-order valence-corrected chi connectivity index (χ0v) is 9.28. The molecule has 0 aromatic rings. The maximum absolute atomic E-state index is 12.4. The van der Waals surface area contributed by atoms with Crippen molar-refractivity contribution in [3.05, 3.63) is 0 Å². The molecule has 2 atom stereocenters. The van der Waals surface area contributed by atoms with Crippen molar-refractivity contribution in [1.82, 2.24) is 4.90 Å². The summed E-state index contributed by atoms with van der Waals surface area (Å²) in [4.78, 5) is 1.57. The molecular weight excluding hydrogens is 214 g/mol. The molecule has 0 aromatic heterocycles. The van der Waals surface area contributed by atoms with Crippen molar-refractivity contribution >= 4 is 0 Å². The molecule has 16 heavy (non-hydrogen) atoms. The van der Waals surface area contributed by atoms with Crippen molar-refractivity contribution in [3.8, 4) is 6.07 Å². The van der Waals surface area contributed by atoms with Gasteiger partial charge in [0.25, 0.3) is 6.43 Å². The minimum Gasteiger partial charge on any atom is -0.395 e. The van der Waals surface area contributed by atoms with E-state index in [9.17, 15) is 8.78 Å². The van der Waals surface area contributed by atoms with Crippen molar-refractivity contribution in [2.45, 2.75) is 38.2 Å². The molecule has 0 radical (unpaired) electrons. The van der Waals surface area contributed by atoms with Crippen LogP contribution in [0.25, 0.3) is 0 Å². The number of rotatable bonds is 5. The highest BCUT2D eigenvalue weighted by Crippen LogP contribution is 2.28. The lowest BCUT2D eigenvalue weighted by atomic mass is 9.84. The first-order valence-corrected chi connectivity index (χ1v) is 5.71. The van der Waals surface area contributed by atoms with E-state index in [-0.39, 0.29) is 31.7 Å². The molecule has 1 rings (SSSR count). The Hall–Kier alpha value is -0.730.